The van der Waals surface area contributed by atoms with Crippen molar-refractivity contribution in [3.8, 4) is 5.75 Å². The molecule has 0 radical (unpaired) electrons. The van der Waals surface area contributed by atoms with Crippen molar-refractivity contribution in [2.24, 2.45) is 0 Å². The molecule has 0 bridgehead atoms. The Balaban J connectivity index is 2.03. The Hall–Kier alpha value is -1.51. The van der Waals surface area contributed by atoms with Gasteiger partial charge in [0, 0.05) is 22.5 Å². The summed E-state index contributed by atoms with van der Waals surface area (Å²) >= 11 is 6.23. The van der Waals surface area contributed by atoms with Crippen LogP contribution < -0.4 is 10.1 Å². The summed E-state index contributed by atoms with van der Waals surface area (Å²) in [5, 5.41) is 4.29. The second-order valence-corrected chi connectivity index (χ2v) is 6.09. The number of para-hydroxylation sites is 1. The molecule has 2 aromatic rings. The lowest BCUT2D eigenvalue weighted by Crippen LogP contribution is -2.25. The molecule has 110 valence electrons. The molecule has 0 amide bonds. The van der Waals surface area contributed by atoms with Crippen LogP contribution in [-0.2, 0) is 0 Å². The topological polar surface area (TPSA) is 21.3 Å². The standard InChI is InChI=1S/C18H20ClNO/c1-11-9-16(19)12(2)8-14(11)18(20-3)15-10-21-17-7-5-4-6-13(15)17/h4-9,15,18,20H,10H2,1-3H3. The third-order valence-corrected chi connectivity index (χ3v) is 4.74. The van der Waals surface area contributed by atoms with Crippen LogP contribution in [-0.4, -0.2) is 13.7 Å². The highest BCUT2D eigenvalue weighted by atomic mass is 35.5. The van der Waals surface area contributed by atoms with E-state index in [0.717, 1.165) is 16.3 Å². The number of aryl methyl sites for hydroxylation is 2. The van der Waals surface area contributed by atoms with Gasteiger partial charge in [-0.2, -0.15) is 0 Å². The van der Waals surface area contributed by atoms with Crippen LogP contribution >= 0.6 is 11.6 Å². The van der Waals surface area contributed by atoms with Crippen molar-refractivity contribution in [1.82, 2.24) is 5.32 Å². The van der Waals surface area contributed by atoms with E-state index in [4.69, 9.17) is 16.3 Å². The fourth-order valence-electron chi connectivity index (χ4n) is 3.18. The molecule has 2 atom stereocenters. The summed E-state index contributed by atoms with van der Waals surface area (Å²) in [7, 11) is 2.01. The van der Waals surface area contributed by atoms with Crippen LogP contribution in [0.4, 0.5) is 0 Å². The quantitative estimate of drug-likeness (QED) is 0.907. The summed E-state index contributed by atoms with van der Waals surface area (Å²) in [5.74, 6) is 1.33. The van der Waals surface area contributed by atoms with E-state index >= 15 is 0 Å². The van der Waals surface area contributed by atoms with Crippen molar-refractivity contribution in [2.75, 3.05) is 13.7 Å². The molecule has 0 aromatic heterocycles. The highest BCUT2D eigenvalue weighted by molar-refractivity contribution is 6.31. The van der Waals surface area contributed by atoms with Crippen molar-refractivity contribution in [3.63, 3.8) is 0 Å². The maximum Gasteiger partial charge on any atom is 0.122 e. The molecule has 0 aliphatic carbocycles. The SMILES string of the molecule is CNC(c1cc(C)c(Cl)cc1C)C1COc2ccccc21. The largest absolute Gasteiger partial charge is 0.493 e. The van der Waals surface area contributed by atoms with Crippen molar-refractivity contribution >= 4 is 11.6 Å². The van der Waals surface area contributed by atoms with Crippen molar-refractivity contribution < 1.29 is 4.74 Å². The fourth-order valence-corrected chi connectivity index (χ4v) is 3.39. The molecule has 2 aromatic carbocycles. The first-order valence-electron chi connectivity index (χ1n) is 7.27. The number of nitrogens with one attached hydrogen (secondary N) is 1. The summed E-state index contributed by atoms with van der Waals surface area (Å²) in [4.78, 5) is 0. The molecule has 21 heavy (non-hydrogen) atoms. The van der Waals surface area contributed by atoms with Crippen LogP contribution in [0.3, 0.4) is 0 Å². The van der Waals surface area contributed by atoms with Gasteiger partial charge in [0.2, 0.25) is 0 Å². The Labute approximate surface area is 131 Å². The zero-order chi connectivity index (χ0) is 15.0. The number of hydrogen-bond donors (Lipinski definition) is 1. The lowest BCUT2D eigenvalue weighted by molar-refractivity contribution is 0.304. The zero-order valence-corrected chi connectivity index (χ0v) is 13.4. The second kappa shape index (κ2) is 5.70. The minimum atomic E-state index is 0.226. The van der Waals surface area contributed by atoms with E-state index in [-0.39, 0.29) is 6.04 Å². The van der Waals surface area contributed by atoms with Crippen LogP contribution in [0.25, 0.3) is 0 Å². The first-order valence-corrected chi connectivity index (χ1v) is 7.65. The van der Waals surface area contributed by atoms with Gasteiger partial charge in [-0.3, -0.25) is 0 Å². The maximum absolute atomic E-state index is 6.23. The smallest absolute Gasteiger partial charge is 0.122 e. The van der Waals surface area contributed by atoms with E-state index in [1.165, 1.54) is 16.7 Å². The molecule has 2 nitrogen and oxygen atoms in total. The normalized spacial score (nSPS) is 18.2. The summed E-state index contributed by atoms with van der Waals surface area (Å²) in [6.07, 6.45) is 0. The van der Waals surface area contributed by atoms with Gasteiger partial charge < -0.3 is 10.1 Å². The van der Waals surface area contributed by atoms with Gasteiger partial charge in [-0.05, 0) is 49.7 Å². The van der Waals surface area contributed by atoms with E-state index in [0.29, 0.717) is 12.5 Å². The molecule has 0 saturated heterocycles. The van der Waals surface area contributed by atoms with Gasteiger partial charge in [0.1, 0.15) is 5.75 Å². The van der Waals surface area contributed by atoms with Crippen LogP contribution in [0, 0.1) is 13.8 Å². The third kappa shape index (κ3) is 2.54. The third-order valence-electron chi connectivity index (χ3n) is 4.33. The first-order chi connectivity index (χ1) is 10.1. The molecule has 3 heteroatoms. The van der Waals surface area contributed by atoms with Crippen molar-refractivity contribution in [2.45, 2.75) is 25.8 Å². The van der Waals surface area contributed by atoms with Gasteiger partial charge in [-0.1, -0.05) is 35.9 Å². The van der Waals surface area contributed by atoms with E-state index in [2.05, 4.69) is 43.4 Å². The average Bonchev–Trinajstić information content (AvgIpc) is 2.89. The Morgan fingerprint density at radius 1 is 1.19 bits per heavy atom. The Morgan fingerprint density at radius 2 is 1.95 bits per heavy atom. The zero-order valence-electron chi connectivity index (χ0n) is 12.6. The first kappa shape index (κ1) is 14.4. The molecular weight excluding hydrogens is 282 g/mol. The molecule has 1 aliphatic rings. The van der Waals surface area contributed by atoms with Crippen LogP contribution in [0.5, 0.6) is 5.75 Å². The van der Waals surface area contributed by atoms with E-state index in [1.807, 2.05) is 19.2 Å². The summed E-state index contributed by atoms with van der Waals surface area (Å²) in [6, 6.07) is 12.8. The van der Waals surface area contributed by atoms with E-state index < -0.39 is 0 Å². The number of likely N-dealkylation sites (N-methyl/N-ethyl adjacent to an activating group) is 1. The van der Waals surface area contributed by atoms with E-state index in [9.17, 15) is 0 Å². The molecule has 0 spiro atoms. The monoisotopic (exact) mass is 301 g/mol. The number of hydrogen-bond acceptors (Lipinski definition) is 2. The summed E-state index contributed by atoms with van der Waals surface area (Å²) in [5.41, 5.74) is 4.91. The predicted molar refractivity (Wildman–Crippen MR) is 87.4 cm³/mol. The molecule has 1 heterocycles. The predicted octanol–water partition coefficient (Wildman–Crippen LogP) is 4.39. The molecule has 0 saturated carbocycles. The minimum Gasteiger partial charge on any atom is -0.493 e. The fraction of sp³-hybridized carbons (Fsp3) is 0.333. The Morgan fingerprint density at radius 3 is 2.71 bits per heavy atom. The van der Waals surface area contributed by atoms with Gasteiger partial charge in [-0.25, -0.2) is 0 Å². The van der Waals surface area contributed by atoms with Gasteiger partial charge in [0.25, 0.3) is 0 Å². The van der Waals surface area contributed by atoms with Gasteiger partial charge in [-0.15, -0.1) is 0 Å². The molecule has 1 N–H and O–H groups in total. The van der Waals surface area contributed by atoms with Gasteiger partial charge >= 0.3 is 0 Å². The Kier molecular flexibility index (Phi) is 3.92. The van der Waals surface area contributed by atoms with Crippen molar-refractivity contribution in [3.05, 3.63) is 63.7 Å². The Bertz CT molecular complexity index is 668. The number of benzene rings is 2. The summed E-state index contributed by atoms with van der Waals surface area (Å²) < 4.78 is 5.84. The van der Waals surface area contributed by atoms with Crippen LogP contribution in [0.2, 0.25) is 5.02 Å². The number of fused-ring (bicyclic) bond motifs is 1. The molecule has 0 fully saturated rings. The lowest BCUT2D eigenvalue weighted by Gasteiger charge is -2.25. The van der Waals surface area contributed by atoms with Crippen LogP contribution in [0.15, 0.2) is 36.4 Å². The second-order valence-electron chi connectivity index (χ2n) is 5.68. The number of rotatable bonds is 3. The minimum absolute atomic E-state index is 0.226. The molecule has 3 rings (SSSR count). The van der Waals surface area contributed by atoms with Crippen LogP contribution in [0.1, 0.15) is 34.2 Å². The average molecular weight is 302 g/mol. The maximum atomic E-state index is 6.23. The molecular formula is C18H20ClNO. The lowest BCUT2D eigenvalue weighted by atomic mass is 9.86. The highest BCUT2D eigenvalue weighted by Crippen LogP contribution is 2.42. The van der Waals surface area contributed by atoms with E-state index in [1.54, 1.807) is 0 Å². The highest BCUT2D eigenvalue weighted by Gasteiger charge is 2.32. The van der Waals surface area contributed by atoms with Gasteiger partial charge in [0.05, 0.1) is 6.61 Å². The number of halogens is 1. The van der Waals surface area contributed by atoms with Gasteiger partial charge in [0.15, 0.2) is 0 Å². The number of ether oxygens (including phenoxy) is 1. The summed E-state index contributed by atoms with van der Waals surface area (Å²) in [6.45, 7) is 4.88. The molecule has 2 unspecified atom stereocenters. The van der Waals surface area contributed by atoms with Crippen molar-refractivity contribution in [1.29, 1.82) is 0 Å². The molecule has 1 aliphatic heterocycles.